The highest BCUT2D eigenvalue weighted by Crippen LogP contribution is 2.13. The van der Waals surface area contributed by atoms with Crippen molar-refractivity contribution in [3.05, 3.63) is 71.0 Å². The predicted octanol–water partition coefficient (Wildman–Crippen LogP) is 3.22. The van der Waals surface area contributed by atoms with Gasteiger partial charge >= 0.3 is 0 Å². The van der Waals surface area contributed by atoms with E-state index in [1.54, 1.807) is 12.3 Å². The molecular weight excluding hydrogens is 333 g/mol. The average molecular weight is 355 g/mol. The van der Waals surface area contributed by atoms with Gasteiger partial charge < -0.3 is 5.32 Å². The summed E-state index contributed by atoms with van der Waals surface area (Å²) >= 11 is 0. The molecule has 6 heteroatoms. The van der Waals surface area contributed by atoms with Crippen molar-refractivity contribution in [1.82, 2.24) is 10.7 Å². The SMILES string of the molecule is CC(C)c1ccc(C=NNC(=O)CCNC(=O)c2ccccc2F)cc1. The standard InChI is InChI=1S/C20H22FN3O2/c1-14(2)16-9-7-15(8-10-16)13-23-24-19(25)11-12-22-20(26)17-5-3-4-6-18(17)21/h3-10,13-14H,11-12H2,1-2H3,(H,22,26)(H,24,25). The van der Waals surface area contributed by atoms with Gasteiger partial charge in [0.15, 0.2) is 0 Å². The van der Waals surface area contributed by atoms with Crippen LogP contribution in [0.4, 0.5) is 4.39 Å². The maximum atomic E-state index is 13.5. The van der Waals surface area contributed by atoms with Crippen LogP contribution in [-0.4, -0.2) is 24.6 Å². The molecule has 0 aliphatic carbocycles. The highest BCUT2D eigenvalue weighted by atomic mass is 19.1. The number of benzene rings is 2. The fraction of sp³-hybridized carbons (Fsp3) is 0.250. The average Bonchev–Trinajstić information content (AvgIpc) is 2.62. The van der Waals surface area contributed by atoms with Crippen LogP contribution in [0, 0.1) is 5.82 Å². The summed E-state index contributed by atoms with van der Waals surface area (Å²) in [6, 6.07) is 13.6. The van der Waals surface area contributed by atoms with E-state index in [2.05, 4.69) is 29.7 Å². The van der Waals surface area contributed by atoms with Crippen LogP contribution in [0.25, 0.3) is 0 Å². The molecule has 0 aromatic heterocycles. The molecule has 136 valence electrons. The summed E-state index contributed by atoms with van der Waals surface area (Å²) < 4.78 is 13.5. The first kappa shape index (κ1) is 19.3. The Morgan fingerprint density at radius 3 is 2.46 bits per heavy atom. The normalized spacial score (nSPS) is 10.9. The van der Waals surface area contributed by atoms with Gasteiger partial charge in [0.05, 0.1) is 11.8 Å². The van der Waals surface area contributed by atoms with Gasteiger partial charge in [0.25, 0.3) is 5.91 Å². The molecule has 0 saturated carbocycles. The van der Waals surface area contributed by atoms with Gasteiger partial charge in [0, 0.05) is 13.0 Å². The third-order valence-corrected chi connectivity index (χ3v) is 3.76. The highest BCUT2D eigenvalue weighted by Gasteiger charge is 2.10. The van der Waals surface area contributed by atoms with E-state index in [1.165, 1.54) is 23.8 Å². The third-order valence-electron chi connectivity index (χ3n) is 3.76. The molecule has 2 rings (SSSR count). The van der Waals surface area contributed by atoms with Crippen LogP contribution in [0.5, 0.6) is 0 Å². The molecule has 0 heterocycles. The van der Waals surface area contributed by atoms with Gasteiger partial charge in [0.1, 0.15) is 5.82 Å². The minimum absolute atomic E-state index is 0.0455. The number of rotatable bonds is 7. The largest absolute Gasteiger partial charge is 0.351 e. The molecule has 0 atom stereocenters. The quantitative estimate of drug-likeness (QED) is 0.591. The monoisotopic (exact) mass is 355 g/mol. The van der Waals surface area contributed by atoms with Crippen LogP contribution in [0.2, 0.25) is 0 Å². The van der Waals surface area contributed by atoms with Crippen molar-refractivity contribution >= 4 is 18.0 Å². The Bertz CT molecular complexity index is 786. The van der Waals surface area contributed by atoms with E-state index in [0.29, 0.717) is 5.92 Å². The first-order chi connectivity index (χ1) is 12.5. The summed E-state index contributed by atoms with van der Waals surface area (Å²) in [5.41, 5.74) is 4.46. The fourth-order valence-corrected chi connectivity index (χ4v) is 2.23. The lowest BCUT2D eigenvalue weighted by molar-refractivity contribution is -0.120. The Morgan fingerprint density at radius 2 is 1.81 bits per heavy atom. The summed E-state index contributed by atoms with van der Waals surface area (Å²) in [5, 5.41) is 6.39. The van der Waals surface area contributed by atoms with Gasteiger partial charge in [0.2, 0.25) is 5.91 Å². The lowest BCUT2D eigenvalue weighted by Gasteiger charge is -2.05. The van der Waals surface area contributed by atoms with Crippen molar-refractivity contribution in [2.45, 2.75) is 26.2 Å². The number of carbonyl (C=O) groups is 2. The highest BCUT2D eigenvalue weighted by molar-refractivity contribution is 5.94. The van der Waals surface area contributed by atoms with Crippen molar-refractivity contribution in [1.29, 1.82) is 0 Å². The number of amides is 2. The van der Waals surface area contributed by atoms with E-state index < -0.39 is 11.7 Å². The van der Waals surface area contributed by atoms with Crippen LogP contribution in [-0.2, 0) is 4.79 Å². The van der Waals surface area contributed by atoms with E-state index in [4.69, 9.17) is 0 Å². The Hall–Kier alpha value is -3.02. The molecule has 5 nitrogen and oxygen atoms in total. The zero-order valence-corrected chi connectivity index (χ0v) is 14.8. The second kappa shape index (κ2) is 9.46. The second-order valence-electron chi connectivity index (χ2n) is 6.10. The zero-order chi connectivity index (χ0) is 18.9. The molecule has 26 heavy (non-hydrogen) atoms. The predicted molar refractivity (Wildman–Crippen MR) is 99.6 cm³/mol. The number of hydrogen-bond donors (Lipinski definition) is 2. The Balaban J connectivity index is 1.73. The third kappa shape index (κ3) is 5.81. The van der Waals surface area contributed by atoms with Crippen LogP contribution >= 0.6 is 0 Å². The molecule has 0 bridgehead atoms. The van der Waals surface area contributed by atoms with Crippen LogP contribution < -0.4 is 10.7 Å². The van der Waals surface area contributed by atoms with E-state index in [-0.39, 0.29) is 24.4 Å². The summed E-state index contributed by atoms with van der Waals surface area (Å²) in [6.45, 7) is 4.33. The minimum Gasteiger partial charge on any atom is -0.351 e. The summed E-state index contributed by atoms with van der Waals surface area (Å²) in [7, 11) is 0. The molecule has 2 aromatic rings. The van der Waals surface area contributed by atoms with Gasteiger partial charge in [-0.05, 0) is 29.2 Å². The summed E-state index contributed by atoms with van der Waals surface area (Å²) in [5.74, 6) is -1.03. The maximum Gasteiger partial charge on any atom is 0.254 e. The van der Waals surface area contributed by atoms with E-state index in [0.717, 1.165) is 5.56 Å². The smallest absolute Gasteiger partial charge is 0.254 e. The van der Waals surface area contributed by atoms with Crippen LogP contribution in [0.3, 0.4) is 0 Å². The number of hydrogen-bond acceptors (Lipinski definition) is 3. The molecule has 0 aliphatic rings. The molecule has 0 aliphatic heterocycles. The van der Waals surface area contributed by atoms with Crippen molar-refractivity contribution in [2.75, 3.05) is 6.54 Å². The summed E-state index contributed by atoms with van der Waals surface area (Å²) in [4.78, 5) is 23.5. The van der Waals surface area contributed by atoms with E-state index in [1.807, 2.05) is 24.3 Å². The van der Waals surface area contributed by atoms with E-state index >= 15 is 0 Å². The van der Waals surface area contributed by atoms with Gasteiger partial charge in [-0.1, -0.05) is 50.2 Å². The molecule has 2 amide bonds. The van der Waals surface area contributed by atoms with Gasteiger partial charge in [-0.25, -0.2) is 9.82 Å². The summed E-state index contributed by atoms with van der Waals surface area (Å²) in [6.07, 6.45) is 1.60. The number of halogens is 1. The van der Waals surface area contributed by atoms with Gasteiger partial charge in [-0.15, -0.1) is 0 Å². The minimum atomic E-state index is -0.595. The molecule has 0 fully saturated rings. The lowest BCUT2D eigenvalue weighted by atomic mass is 10.0. The molecular formula is C20H22FN3O2. The first-order valence-electron chi connectivity index (χ1n) is 8.42. The number of carbonyl (C=O) groups excluding carboxylic acids is 2. The lowest BCUT2D eigenvalue weighted by Crippen LogP contribution is -2.29. The maximum absolute atomic E-state index is 13.5. The first-order valence-corrected chi connectivity index (χ1v) is 8.42. The molecule has 0 radical (unpaired) electrons. The Kier molecular flexibility index (Phi) is 7.02. The molecule has 0 unspecified atom stereocenters. The number of hydrazone groups is 1. The fourth-order valence-electron chi connectivity index (χ4n) is 2.23. The van der Waals surface area contributed by atoms with Crippen LogP contribution in [0.1, 0.15) is 47.7 Å². The van der Waals surface area contributed by atoms with Gasteiger partial charge in [-0.2, -0.15) is 5.10 Å². The Labute approximate surface area is 152 Å². The van der Waals surface area contributed by atoms with Crippen molar-refractivity contribution in [3.8, 4) is 0 Å². The topological polar surface area (TPSA) is 70.6 Å². The molecule has 0 saturated heterocycles. The number of nitrogens with one attached hydrogen (secondary N) is 2. The Morgan fingerprint density at radius 1 is 1.12 bits per heavy atom. The van der Waals surface area contributed by atoms with E-state index in [9.17, 15) is 14.0 Å². The molecule has 0 spiro atoms. The number of nitrogens with zero attached hydrogens (tertiary/aromatic N) is 1. The molecule has 2 aromatic carbocycles. The van der Waals surface area contributed by atoms with Crippen molar-refractivity contribution in [2.24, 2.45) is 5.10 Å². The second-order valence-corrected chi connectivity index (χ2v) is 6.10. The van der Waals surface area contributed by atoms with Crippen molar-refractivity contribution in [3.63, 3.8) is 0 Å². The van der Waals surface area contributed by atoms with Crippen molar-refractivity contribution < 1.29 is 14.0 Å². The van der Waals surface area contributed by atoms with Crippen LogP contribution in [0.15, 0.2) is 53.6 Å². The zero-order valence-electron chi connectivity index (χ0n) is 14.8. The van der Waals surface area contributed by atoms with Gasteiger partial charge in [-0.3, -0.25) is 9.59 Å². The molecule has 2 N–H and O–H groups in total.